The Morgan fingerprint density at radius 1 is 1.25 bits per heavy atom. The Labute approximate surface area is 196 Å². The first-order chi connectivity index (χ1) is 14.5. The van der Waals surface area contributed by atoms with Gasteiger partial charge in [-0.3, -0.25) is 15.1 Å². The van der Waals surface area contributed by atoms with E-state index in [0.29, 0.717) is 18.2 Å². The van der Waals surface area contributed by atoms with Crippen molar-refractivity contribution in [3.05, 3.63) is 63.7 Å². The van der Waals surface area contributed by atoms with Crippen LogP contribution in [0.1, 0.15) is 38.8 Å². The first-order valence-electron chi connectivity index (χ1n) is 9.46. The summed E-state index contributed by atoms with van der Waals surface area (Å²) in [5.41, 5.74) is 1.29. The van der Waals surface area contributed by atoms with E-state index < -0.39 is 10.9 Å². The molecule has 0 bridgehead atoms. The summed E-state index contributed by atoms with van der Waals surface area (Å²) >= 11 is 0. The Hall–Kier alpha value is -3.23. The number of carbonyl (C=O) groups is 1. The van der Waals surface area contributed by atoms with Crippen LogP contribution in [0, 0.1) is 15.5 Å². The summed E-state index contributed by atoms with van der Waals surface area (Å²) in [5.74, 6) is -0.895. The number of benzene rings is 2. The minimum absolute atomic E-state index is 0. The molecule has 3 rings (SSSR count). The van der Waals surface area contributed by atoms with Crippen LogP contribution in [-0.2, 0) is 26.6 Å². The van der Waals surface area contributed by atoms with Crippen molar-refractivity contribution in [1.29, 1.82) is 0 Å². The van der Waals surface area contributed by atoms with Gasteiger partial charge in [-0.05, 0) is 30.0 Å². The molecule has 0 saturated carbocycles. The van der Waals surface area contributed by atoms with Crippen LogP contribution >= 0.6 is 0 Å². The zero-order chi connectivity index (χ0) is 23.2. The monoisotopic (exact) mass is 488 g/mol. The van der Waals surface area contributed by atoms with Crippen molar-refractivity contribution in [3.8, 4) is 5.75 Å². The van der Waals surface area contributed by atoms with Crippen LogP contribution in [-0.4, -0.2) is 35.7 Å². The third-order valence-electron chi connectivity index (χ3n) is 4.33. The summed E-state index contributed by atoms with van der Waals surface area (Å²) in [5, 5.41) is 31.7. The molecule has 0 fully saturated rings. The third kappa shape index (κ3) is 7.47. The van der Waals surface area contributed by atoms with E-state index in [-0.39, 0.29) is 45.5 Å². The topological polar surface area (TPSA) is 140 Å². The van der Waals surface area contributed by atoms with E-state index in [1.807, 2.05) is 18.2 Å². The van der Waals surface area contributed by atoms with E-state index in [0.717, 1.165) is 12.5 Å². The molecule has 0 aliphatic carbocycles. The molecule has 1 atom stereocenters. The number of nitro benzene ring substituents is 1. The summed E-state index contributed by atoms with van der Waals surface area (Å²) < 4.78 is 5.77. The first kappa shape index (κ1) is 26.8. The minimum atomic E-state index is -1.08. The van der Waals surface area contributed by atoms with Crippen molar-refractivity contribution in [2.24, 2.45) is 15.4 Å². The number of aliphatic imine (C=N–C) groups is 2. The maximum absolute atomic E-state index is 11.9. The average Bonchev–Trinajstić information content (AvgIpc) is 3.17. The second-order valence-electron chi connectivity index (χ2n) is 7.87. The van der Waals surface area contributed by atoms with Gasteiger partial charge in [0.1, 0.15) is 6.61 Å². The molecule has 10 heteroatoms. The third-order valence-corrected chi connectivity index (χ3v) is 4.33. The second-order valence-corrected chi connectivity index (χ2v) is 7.87. The Bertz CT molecular complexity index is 1030. The molecule has 1 heterocycles. The van der Waals surface area contributed by atoms with Gasteiger partial charge < -0.3 is 19.7 Å². The van der Waals surface area contributed by atoms with Crippen molar-refractivity contribution in [3.63, 3.8) is 0 Å². The largest absolute Gasteiger partial charge is 2.00 e. The van der Waals surface area contributed by atoms with Gasteiger partial charge in [0.15, 0.2) is 0 Å². The maximum atomic E-state index is 11.9. The van der Waals surface area contributed by atoms with Gasteiger partial charge in [0.2, 0.25) is 5.90 Å². The summed E-state index contributed by atoms with van der Waals surface area (Å²) in [7, 11) is 0. The van der Waals surface area contributed by atoms with Gasteiger partial charge in [-0.2, -0.15) is 0 Å². The van der Waals surface area contributed by atoms with Crippen molar-refractivity contribution in [2.45, 2.75) is 33.7 Å². The Morgan fingerprint density at radius 2 is 1.88 bits per heavy atom. The number of hydrogen-bond acceptors (Lipinski definition) is 8. The fourth-order valence-corrected chi connectivity index (χ4v) is 2.62. The minimum Gasteiger partial charge on any atom is -0.872 e. The Morgan fingerprint density at radius 3 is 2.44 bits per heavy atom. The van der Waals surface area contributed by atoms with Crippen LogP contribution in [0.5, 0.6) is 5.75 Å². The number of rotatable bonds is 4. The van der Waals surface area contributed by atoms with Crippen molar-refractivity contribution < 1.29 is 41.7 Å². The van der Waals surface area contributed by atoms with E-state index in [1.165, 1.54) is 24.4 Å². The second kappa shape index (κ2) is 11.4. The fraction of sp³-hybridized carbons (Fsp3) is 0.318. The van der Waals surface area contributed by atoms with E-state index in [9.17, 15) is 15.2 Å². The SMILES string of the molecule is CC(=O)[O-].CC(C)(C)[C@H]1COC(c2ccccc2N=Cc2cc([N+](=O)[O-])ccc2[O-])=N1.[Cu+2]. The predicted octanol–water partition coefficient (Wildman–Crippen LogP) is 2.36. The number of hydrogen-bond donors (Lipinski definition) is 0. The van der Waals surface area contributed by atoms with E-state index >= 15 is 0 Å². The van der Waals surface area contributed by atoms with Gasteiger partial charge in [-0.15, -0.1) is 0 Å². The maximum Gasteiger partial charge on any atom is 2.00 e. The fourth-order valence-electron chi connectivity index (χ4n) is 2.62. The number of aliphatic carboxylic acids is 1. The van der Waals surface area contributed by atoms with Crippen molar-refractivity contribution >= 4 is 29.5 Å². The average molecular weight is 489 g/mol. The number of non-ortho nitro benzene ring substituents is 1. The number of ether oxygens (including phenoxy) is 1. The predicted molar refractivity (Wildman–Crippen MR) is 113 cm³/mol. The molecule has 1 aliphatic rings. The molecule has 2 aromatic rings. The van der Waals surface area contributed by atoms with Gasteiger partial charge in [-0.25, -0.2) is 4.99 Å². The molecule has 1 aliphatic heterocycles. The number of carbonyl (C=O) groups excluding carboxylic acids is 1. The number of para-hydroxylation sites is 1. The summed E-state index contributed by atoms with van der Waals surface area (Å²) in [4.78, 5) is 28.3. The standard InChI is InChI=1S/C20H21N3O4.C2H4O2.Cu/c1-20(2,3)18-12-27-19(22-18)15-6-4-5-7-16(15)21-11-13-10-14(23(25)26)8-9-17(13)24;1-2(3)4;/h4-11,18,24H,12H2,1-3H3;1H3,(H,3,4);/q;;+2/p-2/t18-;;/m1../s1. The molecule has 0 aromatic heterocycles. The van der Waals surface area contributed by atoms with E-state index in [2.05, 4.69) is 30.8 Å². The number of nitro groups is 1. The zero-order valence-corrected chi connectivity index (χ0v) is 18.9. The molecule has 0 N–H and O–H groups in total. The molecule has 1 radical (unpaired) electrons. The molecule has 0 amide bonds. The first-order valence-corrected chi connectivity index (χ1v) is 9.46. The van der Waals surface area contributed by atoms with Crippen LogP contribution in [0.4, 0.5) is 11.4 Å². The normalized spacial score (nSPS) is 15.1. The number of carboxylic acid groups (broad SMARTS) is 1. The van der Waals surface area contributed by atoms with E-state index in [4.69, 9.17) is 14.6 Å². The molecule has 2 aromatic carbocycles. The van der Waals surface area contributed by atoms with Crippen molar-refractivity contribution in [2.75, 3.05) is 6.61 Å². The van der Waals surface area contributed by atoms with Crippen LogP contribution in [0.15, 0.2) is 52.4 Å². The van der Waals surface area contributed by atoms with Gasteiger partial charge in [0, 0.05) is 24.3 Å². The smallest absolute Gasteiger partial charge is 0.872 e. The molecule has 9 nitrogen and oxygen atoms in total. The Balaban J connectivity index is 0.000000945. The molecule has 173 valence electrons. The number of nitrogens with zero attached hydrogens (tertiary/aromatic N) is 3. The zero-order valence-electron chi connectivity index (χ0n) is 18.0. The van der Waals surface area contributed by atoms with Crippen molar-refractivity contribution in [1.82, 2.24) is 0 Å². The van der Waals surface area contributed by atoms with Crippen LogP contribution in [0.25, 0.3) is 0 Å². The van der Waals surface area contributed by atoms with E-state index in [1.54, 1.807) is 6.07 Å². The summed E-state index contributed by atoms with van der Waals surface area (Å²) in [6.45, 7) is 7.80. The summed E-state index contributed by atoms with van der Waals surface area (Å²) in [6.07, 6.45) is 1.34. The van der Waals surface area contributed by atoms with Crippen LogP contribution in [0.3, 0.4) is 0 Å². The quantitative estimate of drug-likeness (QED) is 0.280. The molecule has 0 saturated heterocycles. The molecular weight excluding hydrogens is 466 g/mol. The van der Waals surface area contributed by atoms with Gasteiger partial charge in [-0.1, -0.05) is 44.7 Å². The van der Waals surface area contributed by atoms with Crippen LogP contribution in [0.2, 0.25) is 0 Å². The molecule has 0 unspecified atom stereocenters. The Kier molecular flexibility index (Phi) is 9.55. The van der Waals surface area contributed by atoms with Crippen LogP contribution < -0.4 is 10.2 Å². The molecule has 32 heavy (non-hydrogen) atoms. The molecular formula is C22H23CuN3O6. The molecule has 0 spiro atoms. The van der Waals surface area contributed by atoms with Gasteiger partial charge >= 0.3 is 17.1 Å². The van der Waals surface area contributed by atoms with Gasteiger partial charge in [0.05, 0.1) is 22.2 Å². The van der Waals surface area contributed by atoms with Gasteiger partial charge in [0.25, 0.3) is 5.69 Å². The summed E-state index contributed by atoms with van der Waals surface area (Å²) in [6, 6.07) is 10.9. The number of carboxylic acids is 1.